The summed E-state index contributed by atoms with van der Waals surface area (Å²) in [5.41, 5.74) is -0.206. The van der Waals surface area contributed by atoms with E-state index in [0.717, 1.165) is 31.5 Å². The van der Waals surface area contributed by atoms with Crippen LogP contribution in [-0.2, 0) is 0 Å². The molecule has 0 aliphatic carbocycles. The van der Waals surface area contributed by atoms with Gasteiger partial charge in [0.2, 0.25) is 0 Å². The molecule has 0 aromatic heterocycles. The van der Waals surface area contributed by atoms with Gasteiger partial charge in [-0.25, -0.2) is 8.78 Å². The van der Waals surface area contributed by atoms with Gasteiger partial charge < -0.3 is 5.32 Å². The number of halogens is 2. The standard InChI is InChI=1S/C14H17F2NO/c1-2-14(6-3-7-17-9-14)13(18)10-4-5-11(15)12(16)8-10/h4-5,8,17H,2-3,6-7,9H2,1H3. The SMILES string of the molecule is CCC1(C(=O)c2ccc(F)c(F)c2)CCCNC1. The Morgan fingerprint density at radius 3 is 2.72 bits per heavy atom. The summed E-state index contributed by atoms with van der Waals surface area (Å²) in [5, 5.41) is 3.21. The van der Waals surface area contributed by atoms with E-state index in [4.69, 9.17) is 0 Å². The molecule has 1 aromatic carbocycles. The van der Waals surface area contributed by atoms with E-state index in [-0.39, 0.29) is 11.3 Å². The van der Waals surface area contributed by atoms with E-state index in [1.807, 2.05) is 6.92 Å². The van der Waals surface area contributed by atoms with Gasteiger partial charge in [-0.15, -0.1) is 0 Å². The number of benzene rings is 1. The molecule has 0 bridgehead atoms. The van der Waals surface area contributed by atoms with Gasteiger partial charge >= 0.3 is 0 Å². The number of Topliss-reactive ketones (excluding diaryl/α,β-unsaturated/α-hetero) is 1. The molecule has 1 heterocycles. The first kappa shape index (κ1) is 13.1. The maximum Gasteiger partial charge on any atom is 0.170 e. The summed E-state index contributed by atoms with van der Waals surface area (Å²) in [6.07, 6.45) is 2.44. The van der Waals surface area contributed by atoms with Gasteiger partial charge in [0, 0.05) is 17.5 Å². The van der Waals surface area contributed by atoms with Crippen LogP contribution in [-0.4, -0.2) is 18.9 Å². The second kappa shape index (κ2) is 5.14. The van der Waals surface area contributed by atoms with Gasteiger partial charge in [0.25, 0.3) is 0 Å². The number of carbonyl (C=O) groups excluding carboxylic acids is 1. The van der Waals surface area contributed by atoms with Crippen LogP contribution in [0.3, 0.4) is 0 Å². The first-order chi connectivity index (χ1) is 8.59. The highest BCUT2D eigenvalue weighted by atomic mass is 19.2. The number of rotatable bonds is 3. The van der Waals surface area contributed by atoms with E-state index >= 15 is 0 Å². The number of piperidine rings is 1. The average Bonchev–Trinajstić information content (AvgIpc) is 2.42. The third kappa shape index (κ3) is 2.29. The molecule has 1 aliphatic heterocycles. The first-order valence-corrected chi connectivity index (χ1v) is 6.29. The Hall–Kier alpha value is -1.29. The van der Waals surface area contributed by atoms with Gasteiger partial charge in [-0.2, -0.15) is 0 Å². The molecule has 1 aromatic rings. The van der Waals surface area contributed by atoms with Crippen molar-refractivity contribution >= 4 is 5.78 Å². The van der Waals surface area contributed by atoms with E-state index in [0.29, 0.717) is 13.0 Å². The predicted molar refractivity (Wildman–Crippen MR) is 65.5 cm³/mol. The topological polar surface area (TPSA) is 29.1 Å². The fourth-order valence-corrected chi connectivity index (χ4v) is 2.57. The van der Waals surface area contributed by atoms with Crippen molar-refractivity contribution < 1.29 is 13.6 Å². The summed E-state index contributed by atoms with van der Waals surface area (Å²) in [6.45, 7) is 3.49. The minimum Gasteiger partial charge on any atom is -0.316 e. The number of carbonyl (C=O) groups is 1. The molecule has 1 saturated heterocycles. The highest BCUT2D eigenvalue weighted by Crippen LogP contribution is 2.34. The Morgan fingerprint density at radius 1 is 1.39 bits per heavy atom. The third-order valence-electron chi connectivity index (χ3n) is 3.81. The van der Waals surface area contributed by atoms with Crippen LogP contribution in [0.5, 0.6) is 0 Å². The molecule has 1 N–H and O–H groups in total. The lowest BCUT2D eigenvalue weighted by Gasteiger charge is -2.35. The van der Waals surface area contributed by atoms with Crippen molar-refractivity contribution in [2.75, 3.05) is 13.1 Å². The van der Waals surface area contributed by atoms with E-state index in [2.05, 4.69) is 5.32 Å². The van der Waals surface area contributed by atoms with Gasteiger partial charge in [0.15, 0.2) is 17.4 Å². The van der Waals surface area contributed by atoms with Crippen molar-refractivity contribution in [3.8, 4) is 0 Å². The summed E-state index contributed by atoms with van der Waals surface area (Å²) in [7, 11) is 0. The Morgan fingerprint density at radius 2 is 2.17 bits per heavy atom. The molecule has 1 atom stereocenters. The number of hydrogen-bond donors (Lipinski definition) is 1. The highest BCUT2D eigenvalue weighted by Gasteiger charge is 2.38. The fraction of sp³-hybridized carbons (Fsp3) is 0.500. The Labute approximate surface area is 105 Å². The maximum absolute atomic E-state index is 13.2. The van der Waals surface area contributed by atoms with Crippen LogP contribution in [0.15, 0.2) is 18.2 Å². The van der Waals surface area contributed by atoms with E-state index in [1.54, 1.807) is 0 Å². The van der Waals surface area contributed by atoms with E-state index in [9.17, 15) is 13.6 Å². The second-order valence-corrected chi connectivity index (χ2v) is 4.87. The highest BCUT2D eigenvalue weighted by molar-refractivity contribution is 6.00. The van der Waals surface area contributed by atoms with Crippen LogP contribution in [0.2, 0.25) is 0 Å². The lowest BCUT2D eigenvalue weighted by Crippen LogP contribution is -2.45. The average molecular weight is 253 g/mol. The van der Waals surface area contributed by atoms with Crippen molar-refractivity contribution in [1.29, 1.82) is 0 Å². The van der Waals surface area contributed by atoms with Gasteiger partial charge in [0.05, 0.1) is 0 Å². The summed E-state index contributed by atoms with van der Waals surface area (Å²) in [4.78, 5) is 12.5. The number of nitrogens with one attached hydrogen (secondary N) is 1. The molecular formula is C14H17F2NO. The molecule has 1 unspecified atom stereocenters. The minimum absolute atomic E-state index is 0.0869. The van der Waals surface area contributed by atoms with Crippen LogP contribution in [0.4, 0.5) is 8.78 Å². The maximum atomic E-state index is 13.2. The van der Waals surface area contributed by atoms with Crippen molar-refractivity contribution in [3.63, 3.8) is 0 Å². The van der Waals surface area contributed by atoms with Gasteiger partial charge in [-0.3, -0.25) is 4.79 Å². The molecule has 18 heavy (non-hydrogen) atoms. The summed E-state index contributed by atoms with van der Waals surface area (Å²) < 4.78 is 26.1. The molecule has 0 amide bonds. The number of hydrogen-bond acceptors (Lipinski definition) is 2. The molecule has 1 fully saturated rings. The van der Waals surface area contributed by atoms with Crippen LogP contribution in [0.1, 0.15) is 36.5 Å². The molecule has 4 heteroatoms. The Bertz CT molecular complexity index is 453. The van der Waals surface area contributed by atoms with Gasteiger partial charge in [-0.1, -0.05) is 6.92 Å². The van der Waals surface area contributed by atoms with Crippen LogP contribution in [0.25, 0.3) is 0 Å². The van der Waals surface area contributed by atoms with E-state index < -0.39 is 17.0 Å². The van der Waals surface area contributed by atoms with Crippen LogP contribution in [0, 0.1) is 17.0 Å². The van der Waals surface area contributed by atoms with Crippen molar-refractivity contribution in [3.05, 3.63) is 35.4 Å². The molecule has 0 radical (unpaired) electrons. The number of ketones is 1. The lowest BCUT2D eigenvalue weighted by molar-refractivity contribution is 0.0730. The molecule has 2 rings (SSSR count). The Kier molecular flexibility index (Phi) is 3.76. The molecule has 0 saturated carbocycles. The van der Waals surface area contributed by atoms with Crippen molar-refractivity contribution in [2.24, 2.45) is 5.41 Å². The zero-order chi connectivity index (χ0) is 13.2. The zero-order valence-electron chi connectivity index (χ0n) is 10.4. The van der Waals surface area contributed by atoms with Gasteiger partial charge in [0.1, 0.15) is 0 Å². The fourth-order valence-electron chi connectivity index (χ4n) is 2.57. The quantitative estimate of drug-likeness (QED) is 0.839. The predicted octanol–water partition coefficient (Wildman–Crippen LogP) is 2.93. The smallest absolute Gasteiger partial charge is 0.170 e. The van der Waals surface area contributed by atoms with Gasteiger partial charge in [-0.05, 0) is 44.0 Å². The van der Waals surface area contributed by atoms with Crippen molar-refractivity contribution in [1.82, 2.24) is 5.32 Å². The van der Waals surface area contributed by atoms with Crippen LogP contribution < -0.4 is 5.32 Å². The molecule has 2 nitrogen and oxygen atoms in total. The zero-order valence-corrected chi connectivity index (χ0v) is 10.4. The van der Waals surface area contributed by atoms with Crippen LogP contribution >= 0.6 is 0 Å². The van der Waals surface area contributed by atoms with Crippen molar-refractivity contribution in [2.45, 2.75) is 26.2 Å². The molecule has 1 aliphatic rings. The summed E-state index contributed by atoms with van der Waals surface area (Å²) >= 11 is 0. The largest absolute Gasteiger partial charge is 0.316 e. The molecule has 98 valence electrons. The van der Waals surface area contributed by atoms with E-state index in [1.165, 1.54) is 6.07 Å². The summed E-state index contributed by atoms with van der Waals surface area (Å²) in [6, 6.07) is 3.39. The normalized spacial score (nSPS) is 23.9. The molecule has 0 spiro atoms. The Balaban J connectivity index is 2.30. The molecular weight excluding hydrogens is 236 g/mol. The minimum atomic E-state index is -0.962. The third-order valence-corrected chi connectivity index (χ3v) is 3.81. The lowest BCUT2D eigenvalue weighted by atomic mass is 9.73. The monoisotopic (exact) mass is 253 g/mol. The summed E-state index contributed by atoms with van der Waals surface area (Å²) in [5.74, 6) is -1.97. The second-order valence-electron chi connectivity index (χ2n) is 4.87. The first-order valence-electron chi connectivity index (χ1n) is 6.29.